The van der Waals surface area contributed by atoms with E-state index in [0.717, 1.165) is 23.5 Å². The first-order valence-corrected chi connectivity index (χ1v) is 9.38. The molecule has 1 unspecified atom stereocenters. The van der Waals surface area contributed by atoms with Crippen molar-refractivity contribution in [2.24, 2.45) is 5.92 Å². The summed E-state index contributed by atoms with van der Waals surface area (Å²) in [6.07, 6.45) is 4.60. The summed E-state index contributed by atoms with van der Waals surface area (Å²) in [5.74, 6) is 0.512. The molecular formula is C19H26N2OS. The Morgan fingerprint density at radius 1 is 1.22 bits per heavy atom. The average molecular weight is 330 g/mol. The van der Waals surface area contributed by atoms with E-state index in [-0.39, 0.29) is 0 Å². The van der Waals surface area contributed by atoms with Gasteiger partial charge >= 0.3 is 0 Å². The minimum absolute atomic E-state index is 0.334. The van der Waals surface area contributed by atoms with Crippen LogP contribution in [-0.4, -0.2) is 22.7 Å². The summed E-state index contributed by atoms with van der Waals surface area (Å²) in [7, 11) is 0. The highest BCUT2D eigenvalue weighted by molar-refractivity contribution is 7.15. The Hall–Kier alpha value is -1.23. The van der Waals surface area contributed by atoms with E-state index in [1.807, 2.05) is 6.07 Å². The van der Waals surface area contributed by atoms with Gasteiger partial charge in [0.25, 0.3) is 0 Å². The molecular weight excluding hydrogens is 304 g/mol. The van der Waals surface area contributed by atoms with Crippen LogP contribution in [0.2, 0.25) is 0 Å². The molecule has 2 aromatic rings. The fourth-order valence-corrected chi connectivity index (χ4v) is 4.54. The molecule has 0 spiro atoms. The highest BCUT2D eigenvalue weighted by Gasteiger charge is 2.23. The lowest BCUT2D eigenvalue weighted by atomic mass is 9.86. The third kappa shape index (κ3) is 4.00. The summed E-state index contributed by atoms with van der Waals surface area (Å²) in [6, 6.07) is 11.3. The summed E-state index contributed by atoms with van der Waals surface area (Å²) < 4.78 is 0. The molecule has 0 aliphatic heterocycles. The van der Waals surface area contributed by atoms with E-state index in [4.69, 9.17) is 4.98 Å². The lowest BCUT2D eigenvalue weighted by molar-refractivity contribution is 0.172. The van der Waals surface area contributed by atoms with Crippen molar-refractivity contribution >= 4 is 11.3 Å². The number of aliphatic hydroxyl groups excluding tert-OH is 1. The van der Waals surface area contributed by atoms with Crippen LogP contribution in [0.15, 0.2) is 30.3 Å². The van der Waals surface area contributed by atoms with Crippen LogP contribution >= 0.6 is 11.3 Å². The van der Waals surface area contributed by atoms with Crippen molar-refractivity contribution in [2.45, 2.75) is 51.6 Å². The Kier molecular flexibility index (Phi) is 5.46. The van der Waals surface area contributed by atoms with E-state index >= 15 is 0 Å². The molecule has 1 aromatic heterocycles. The second kappa shape index (κ2) is 7.56. The van der Waals surface area contributed by atoms with Gasteiger partial charge in [-0.15, -0.1) is 11.3 Å². The summed E-state index contributed by atoms with van der Waals surface area (Å²) in [4.78, 5) is 6.11. The minimum Gasteiger partial charge on any atom is -0.396 e. The van der Waals surface area contributed by atoms with E-state index in [1.165, 1.54) is 23.3 Å². The molecule has 1 aliphatic rings. The Morgan fingerprint density at radius 2 is 1.91 bits per heavy atom. The Balaban J connectivity index is 1.66. The maximum atomic E-state index is 9.26. The SMILES string of the molecule is Cc1nc(-c2ccccc2)sc1C(C)NC1CCC(CO)CC1. The highest BCUT2D eigenvalue weighted by atomic mass is 32.1. The van der Waals surface area contributed by atoms with Crippen LogP contribution < -0.4 is 5.32 Å². The molecule has 1 atom stereocenters. The fourth-order valence-electron chi connectivity index (χ4n) is 3.46. The molecule has 2 N–H and O–H groups in total. The number of nitrogens with zero attached hydrogens (tertiary/aromatic N) is 1. The van der Waals surface area contributed by atoms with Crippen molar-refractivity contribution in [3.63, 3.8) is 0 Å². The van der Waals surface area contributed by atoms with Gasteiger partial charge in [0.2, 0.25) is 0 Å². The van der Waals surface area contributed by atoms with Gasteiger partial charge in [0.1, 0.15) is 5.01 Å². The molecule has 0 bridgehead atoms. The molecule has 1 heterocycles. The molecule has 0 radical (unpaired) electrons. The van der Waals surface area contributed by atoms with E-state index in [1.54, 1.807) is 11.3 Å². The second-order valence-electron chi connectivity index (χ2n) is 6.62. The van der Waals surface area contributed by atoms with Gasteiger partial charge in [-0.3, -0.25) is 0 Å². The molecule has 124 valence electrons. The van der Waals surface area contributed by atoms with E-state index in [0.29, 0.717) is 24.6 Å². The van der Waals surface area contributed by atoms with Crippen LogP contribution in [0.4, 0.5) is 0 Å². The zero-order valence-electron chi connectivity index (χ0n) is 14.0. The van der Waals surface area contributed by atoms with Gasteiger partial charge in [-0.05, 0) is 45.4 Å². The van der Waals surface area contributed by atoms with E-state index in [9.17, 15) is 5.11 Å². The van der Waals surface area contributed by atoms with Gasteiger partial charge in [0.05, 0.1) is 5.69 Å². The van der Waals surface area contributed by atoms with Crippen molar-refractivity contribution < 1.29 is 5.11 Å². The van der Waals surface area contributed by atoms with E-state index < -0.39 is 0 Å². The molecule has 1 aliphatic carbocycles. The third-order valence-electron chi connectivity index (χ3n) is 4.84. The van der Waals surface area contributed by atoms with Crippen LogP contribution in [0.3, 0.4) is 0 Å². The van der Waals surface area contributed by atoms with Crippen molar-refractivity contribution in [2.75, 3.05) is 6.61 Å². The smallest absolute Gasteiger partial charge is 0.123 e. The minimum atomic E-state index is 0.334. The van der Waals surface area contributed by atoms with Crippen molar-refractivity contribution in [1.82, 2.24) is 10.3 Å². The summed E-state index contributed by atoms with van der Waals surface area (Å²) in [6.45, 7) is 4.70. The molecule has 3 nitrogen and oxygen atoms in total. The number of hydrogen-bond donors (Lipinski definition) is 2. The van der Waals surface area contributed by atoms with Crippen molar-refractivity contribution in [1.29, 1.82) is 0 Å². The van der Waals surface area contributed by atoms with Gasteiger partial charge in [-0.25, -0.2) is 4.98 Å². The summed E-state index contributed by atoms with van der Waals surface area (Å²) in [5, 5.41) is 14.1. The van der Waals surface area contributed by atoms with Gasteiger partial charge in [0, 0.05) is 29.1 Å². The topological polar surface area (TPSA) is 45.2 Å². The van der Waals surface area contributed by atoms with Gasteiger partial charge in [-0.1, -0.05) is 30.3 Å². The van der Waals surface area contributed by atoms with Gasteiger partial charge in [0.15, 0.2) is 0 Å². The molecule has 0 amide bonds. The summed E-state index contributed by atoms with van der Waals surface area (Å²) >= 11 is 1.80. The second-order valence-corrected chi connectivity index (χ2v) is 7.65. The molecule has 3 rings (SSSR count). The Morgan fingerprint density at radius 3 is 2.57 bits per heavy atom. The molecule has 0 saturated heterocycles. The monoisotopic (exact) mass is 330 g/mol. The predicted molar refractivity (Wildman–Crippen MR) is 96.7 cm³/mol. The average Bonchev–Trinajstić information content (AvgIpc) is 2.98. The Labute approximate surface area is 142 Å². The van der Waals surface area contributed by atoms with Crippen LogP contribution in [0, 0.1) is 12.8 Å². The number of aliphatic hydroxyl groups is 1. The van der Waals surface area contributed by atoms with Crippen molar-refractivity contribution in [3.8, 4) is 10.6 Å². The number of hydrogen-bond acceptors (Lipinski definition) is 4. The molecule has 1 aromatic carbocycles. The third-order valence-corrected chi connectivity index (χ3v) is 6.23. The molecule has 4 heteroatoms. The molecule has 23 heavy (non-hydrogen) atoms. The number of benzene rings is 1. The first-order valence-electron chi connectivity index (χ1n) is 8.57. The first kappa shape index (κ1) is 16.6. The van der Waals surface area contributed by atoms with Crippen LogP contribution in [-0.2, 0) is 0 Å². The summed E-state index contributed by atoms with van der Waals surface area (Å²) in [5.41, 5.74) is 2.33. The maximum Gasteiger partial charge on any atom is 0.123 e. The van der Waals surface area contributed by atoms with Gasteiger partial charge < -0.3 is 10.4 Å². The zero-order valence-corrected chi connectivity index (χ0v) is 14.8. The number of thiazole rings is 1. The largest absolute Gasteiger partial charge is 0.396 e. The first-order chi connectivity index (χ1) is 11.2. The lowest BCUT2D eigenvalue weighted by Crippen LogP contribution is -2.35. The molecule has 1 saturated carbocycles. The number of nitrogens with one attached hydrogen (secondary N) is 1. The Bertz CT molecular complexity index is 618. The lowest BCUT2D eigenvalue weighted by Gasteiger charge is -2.30. The zero-order chi connectivity index (χ0) is 16.2. The predicted octanol–water partition coefficient (Wildman–Crippen LogP) is 4.32. The van der Waals surface area contributed by atoms with Gasteiger partial charge in [-0.2, -0.15) is 0 Å². The normalized spacial score (nSPS) is 22.9. The van der Waals surface area contributed by atoms with Crippen LogP contribution in [0.5, 0.6) is 0 Å². The van der Waals surface area contributed by atoms with Crippen LogP contribution in [0.1, 0.15) is 49.2 Å². The number of rotatable bonds is 5. The maximum absolute atomic E-state index is 9.26. The standard InChI is InChI=1S/C19H26N2OS/c1-13(20-17-10-8-15(12-22)9-11-17)18-14(2)21-19(23-18)16-6-4-3-5-7-16/h3-7,13,15,17,20,22H,8-12H2,1-2H3. The quantitative estimate of drug-likeness (QED) is 0.858. The van der Waals surface area contributed by atoms with E-state index in [2.05, 4.69) is 43.4 Å². The van der Waals surface area contributed by atoms with Crippen molar-refractivity contribution in [3.05, 3.63) is 40.9 Å². The fraction of sp³-hybridized carbons (Fsp3) is 0.526. The number of aromatic nitrogens is 1. The molecule has 1 fully saturated rings. The highest BCUT2D eigenvalue weighted by Crippen LogP contribution is 2.33. The number of aryl methyl sites for hydroxylation is 1. The van der Waals surface area contributed by atoms with Crippen LogP contribution in [0.25, 0.3) is 10.6 Å².